The molecule has 1 aromatic carbocycles. The molecule has 1 aromatic rings. The lowest BCUT2D eigenvalue weighted by atomic mass is 9.99. The highest BCUT2D eigenvalue weighted by atomic mass is 16.3. The first-order chi connectivity index (χ1) is 8.58. The first-order valence-corrected chi connectivity index (χ1v) is 7.05. The Morgan fingerprint density at radius 1 is 1.06 bits per heavy atom. The Morgan fingerprint density at radius 3 is 2.06 bits per heavy atom. The summed E-state index contributed by atoms with van der Waals surface area (Å²) >= 11 is 0. The fourth-order valence-electron chi connectivity index (χ4n) is 2.18. The van der Waals surface area contributed by atoms with Crippen LogP contribution in [-0.4, -0.2) is 17.8 Å². The van der Waals surface area contributed by atoms with Gasteiger partial charge in [-0.25, -0.2) is 0 Å². The van der Waals surface area contributed by atoms with Gasteiger partial charge in [0.25, 0.3) is 0 Å². The number of aliphatic hydroxyl groups is 1. The van der Waals surface area contributed by atoms with Gasteiger partial charge in [-0.05, 0) is 36.8 Å². The Bertz CT molecular complexity index is 331. The minimum atomic E-state index is 0.254. The van der Waals surface area contributed by atoms with Crippen molar-refractivity contribution in [2.75, 3.05) is 6.61 Å². The molecule has 0 radical (unpaired) electrons. The summed E-state index contributed by atoms with van der Waals surface area (Å²) in [5.41, 5.74) is 2.70. The zero-order chi connectivity index (χ0) is 13.5. The first kappa shape index (κ1) is 15.2. The van der Waals surface area contributed by atoms with Crippen molar-refractivity contribution in [1.82, 2.24) is 5.32 Å². The van der Waals surface area contributed by atoms with E-state index >= 15 is 0 Å². The molecule has 0 spiro atoms. The van der Waals surface area contributed by atoms with Gasteiger partial charge in [0.05, 0.1) is 0 Å². The lowest BCUT2D eigenvalue weighted by Crippen LogP contribution is -2.31. The average molecular weight is 249 g/mol. The van der Waals surface area contributed by atoms with Crippen molar-refractivity contribution in [3.63, 3.8) is 0 Å². The van der Waals surface area contributed by atoms with Gasteiger partial charge in [-0.15, -0.1) is 0 Å². The molecule has 0 aliphatic heterocycles. The summed E-state index contributed by atoms with van der Waals surface area (Å²) < 4.78 is 0. The predicted molar refractivity (Wildman–Crippen MR) is 77.9 cm³/mol. The molecule has 2 nitrogen and oxygen atoms in total. The average Bonchev–Trinajstić information content (AvgIpc) is 2.38. The van der Waals surface area contributed by atoms with E-state index in [-0.39, 0.29) is 6.61 Å². The van der Waals surface area contributed by atoms with E-state index in [1.807, 2.05) is 0 Å². The van der Waals surface area contributed by atoms with Gasteiger partial charge in [-0.1, -0.05) is 45.0 Å². The van der Waals surface area contributed by atoms with E-state index in [1.54, 1.807) is 0 Å². The van der Waals surface area contributed by atoms with E-state index in [0.717, 1.165) is 12.8 Å². The maximum absolute atomic E-state index is 9.01. The molecule has 2 N–H and O–H groups in total. The molecule has 0 amide bonds. The third kappa shape index (κ3) is 4.43. The first-order valence-electron chi connectivity index (χ1n) is 7.05. The second-order valence-corrected chi connectivity index (χ2v) is 5.33. The molecule has 2 heteroatoms. The van der Waals surface area contributed by atoms with Crippen LogP contribution in [0.15, 0.2) is 24.3 Å². The number of hydrogen-bond donors (Lipinski definition) is 2. The zero-order valence-electron chi connectivity index (χ0n) is 12.1. The fourth-order valence-corrected chi connectivity index (χ4v) is 2.18. The minimum Gasteiger partial charge on any atom is -0.396 e. The molecule has 0 aliphatic rings. The number of rotatable bonds is 7. The van der Waals surface area contributed by atoms with Gasteiger partial charge in [-0.3, -0.25) is 0 Å². The van der Waals surface area contributed by atoms with Crippen molar-refractivity contribution in [1.29, 1.82) is 0 Å². The van der Waals surface area contributed by atoms with Crippen molar-refractivity contribution in [2.45, 2.75) is 58.5 Å². The molecular weight excluding hydrogens is 222 g/mol. The lowest BCUT2D eigenvalue weighted by molar-refractivity contribution is 0.257. The van der Waals surface area contributed by atoms with Crippen LogP contribution in [0.2, 0.25) is 0 Å². The van der Waals surface area contributed by atoms with Crippen molar-refractivity contribution >= 4 is 0 Å². The SMILES string of the molecule is CCC(CCO)NC(C)c1ccc(C(C)C)cc1. The summed E-state index contributed by atoms with van der Waals surface area (Å²) in [6, 6.07) is 9.57. The standard InChI is InChI=1S/C16H27NO/c1-5-16(10-11-18)17-13(4)15-8-6-14(7-9-15)12(2)3/h6-9,12-13,16-18H,5,10-11H2,1-4H3. The van der Waals surface area contributed by atoms with Crippen LogP contribution in [-0.2, 0) is 0 Å². The van der Waals surface area contributed by atoms with E-state index in [1.165, 1.54) is 11.1 Å². The number of benzene rings is 1. The van der Waals surface area contributed by atoms with Crippen LogP contribution in [0.25, 0.3) is 0 Å². The summed E-state index contributed by atoms with van der Waals surface area (Å²) in [5, 5.41) is 12.6. The summed E-state index contributed by atoms with van der Waals surface area (Å²) in [7, 11) is 0. The third-order valence-electron chi connectivity index (χ3n) is 3.56. The highest BCUT2D eigenvalue weighted by molar-refractivity contribution is 5.26. The van der Waals surface area contributed by atoms with E-state index in [9.17, 15) is 0 Å². The van der Waals surface area contributed by atoms with Gasteiger partial charge in [0.15, 0.2) is 0 Å². The topological polar surface area (TPSA) is 32.3 Å². The lowest BCUT2D eigenvalue weighted by Gasteiger charge is -2.22. The molecule has 18 heavy (non-hydrogen) atoms. The molecule has 0 saturated heterocycles. The molecule has 0 aromatic heterocycles. The molecule has 0 saturated carbocycles. The van der Waals surface area contributed by atoms with Crippen LogP contribution in [0.3, 0.4) is 0 Å². The van der Waals surface area contributed by atoms with E-state index < -0.39 is 0 Å². The maximum atomic E-state index is 9.01. The number of aliphatic hydroxyl groups excluding tert-OH is 1. The Kier molecular flexibility index (Phi) is 6.37. The predicted octanol–water partition coefficient (Wildman–Crippen LogP) is 3.62. The molecule has 102 valence electrons. The van der Waals surface area contributed by atoms with Crippen LogP contribution in [0.4, 0.5) is 0 Å². The maximum Gasteiger partial charge on any atom is 0.0445 e. The summed E-state index contributed by atoms with van der Waals surface area (Å²) in [6.07, 6.45) is 1.87. The van der Waals surface area contributed by atoms with Crippen LogP contribution in [0.5, 0.6) is 0 Å². The highest BCUT2D eigenvalue weighted by Gasteiger charge is 2.11. The minimum absolute atomic E-state index is 0.254. The van der Waals surface area contributed by atoms with Gasteiger partial charge in [0, 0.05) is 18.7 Å². The van der Waals surface area contributed by atoms with Gasteiger partial charge in [0.1, 0.15) is 0 Å². The summed E-state index contributed by atoms with van der Waals surface area (Å²) in [6.45, 7) is 9.02. The summed E-state index contributed by atoms with van der Waals surface area (Å²) in [5.74, 6) is 0.583. The Morgan fingerprint density at radius 2 is 1.61 bits per heavy atom. The molecule has 2 unspecified atom stereocenters. The second kappa shape index (κ2) is 7.55. The van der Waals surface area contributed by atoms with Crippen LogP contribution >= 0.6 is 0 Å². The van der Waals surface area contributed by atoms with Crippen LogP contribution in [0.1, 0.15) is 63.6 Å². The molecular formula is C16H27NO. The second-order valence-electron chi connectivity index (χ2n) is 5.33. The van der Waals surface area contributed by atoms with Gasteiger partial charge >= 0.3 is 0 Å². The van der Waals surface area contributed by atoms with E-state index in [0.29, 0.717) is 18.0 Å². The largest absolute Gasteiger partial charge is 0.396 e. The monoisotopic (exact) mass is 249 g/mol. The van der Waals surface area contributed by atoms with Gasteiger partial charge in [0.2, 0.25) is 0 Å². The van der Waals surface area contributed by atoms with Crippen molar-refractivity contribution in [2.24, 2.45) is 0 Å². The molecule has 2 atom stereocenters. The molecule has 0 bridgehead atoms. The normalized spacial score (nSPS) is 14.8. The number of nitrogens with one attached hydrogen (secondary N) is 1. The molecule has 0 aliphatic carbocycles. The molecule has 0 fully saturated rings. The van der Waals surface area contributed by atoms with Crippen LogP contribution < -0.4 is 5.32 Å². The summed E-state index contributed by atoms with van der Waals surface area (Å²) in [4.78, 5) is 0. The van der Waals surface area contributed by atoms with Crippen LogP contribution in [0, 0.1) is 0 Å². The quantitative estimate of drug-likeness (QED) is 0.773. The van der Waals surface area contributed by atoms with Crippen molar-refractivity contribution < 1.29 is 5.11 Å². The molecule has 0 heterocycles. The Labute approximate surface area is 111 Å². The third-order valence-corrected chi connectivity index (χ3v) is 3.56. The van der Waals surface area contributed by atoms with Crippen molar-refractivity contribution in [3.05, 3.63) is 35.4 Å². The van der Waals surface area contributed by atoms with Gasteiger partial charge in [-0.2, -0.15) is 0 Å². The fraction of sp³-hybridized carbons (Fsp3) is 0.625. The Balaban J connectivity index is 2.63. The number of hydrogen-bond acceptors (Lipinski definition) is 2. The van der Waals surface area contributed by atoms with E-state index in [4.69, 9.17) is 5.11 Å². The zero-order valence-corrected chi connectivity index (χ0v) is 12.1. The Hall–Kier alpha value is -0.860. The van der Waals surface area contributed by atoms with Crippen molar-refractivity contribution in [3.8, 4) is 0 Å². The highest BCUT2D eigenvalue weighted by Crippen LogP contribution is 2.19. The molecule has 1 rings (SSSR count). The van der Waals surface area contributed by atoms with Gasteiger partial charge < -0.3 is 10.4 Å². The smallest absolute Gasteiger partial charge is 0.0445 e. The van der Waals surface area contributed by atoms with E-state index in [2.05, 4.69) is 57.3 Å².